The van der Waals surface area contributed by atoms with Crippen LogP contribution in [0, 0.1) is 0 Å². The Labute approximate surface area is 159 Å². The molecule has 0 saturated heterocycles. The van der Waals surface area contributed by atoms with E-state index in [9.17, 15) is 0 Å². The predicted molar refractivity (Wildman–Crippen MR) is 117 cm³/mol. The van der Waals surface area contributed by atoms with Crippen molar-refractivity contribution in [1.82, 2.24) is 4.90 Å². The van der Waals surface area contributed by atoms with E-state index in [4.69, 9.17) is 0 Å². The van der Waals surface area contributed by atoms with Crippen LogP contribution >= 0.6 is 0 Å². The van der Waals surface area contributed by atoms with E-state index in [0.717, 1.165) is 13.1 Å². The summed E-state index contributed by atoms with van der Waals surface area (Å²) in [5, 5.41) is 10.2. The third-order valence-corrected chi connectivity index (χ3v) is 5.80. The van der Waals surface area contributed by atoms with Gasteiger partial charge in [-0.15, -0.1) is 0 Å². The molecule has 4 heteroatoms. The molecule has 1 aliphatic heterocycles. The number of anilines is 2. The number of hydrogen-bond donors (Lipinski definition) is 2. The van der Waals surface area contributed by atoms with Gasteiger partial charge in [0.25, 0.3) is 0 Å². The number of hydrogen-bond acceptors (Lipinski definition) is 3. The minimum atomic E-state index is 0.265. The molecule has 0 bridgehead atoms. The second-order valence-corrected chi connectivity index (χ2v) is 7.47. The Morgan fingerprint density at radius 1 is 0.846 bits per heavy atom. The van der Waals surface area contributed by atoms with Gasteiger partial charge in [-0.1, -0.05) is 77.1 Å². The Morgan fingerprint density at radius 2 is 1.46 bits per heavy atom. The molecule has 140 valence electrons. The third kappa shape index (κ3) is 4.17. The predicted octanol–water partition coefficient (Wildman–Crippen LogP) is 5.78. The smallest absolute Gasteiger partial charge is 0.388 e. The van der Waals surface area contributed by atoms with Gasteiger partial charge in [0, 0.05) is 22.7 Å². The summed E-state index contributed by atoms with van der Waals surface area (Å²) in [5.74, 6) is 0.509. The van der Waals surface area contributed by atoms with Crippen molar-refractivity contribution in [2.24, 2.45) is 0 Å². The van der Waals surface area contributed by atoms with Gasteiger partial charge in [0.1, 0.15) is 0 Å². The van der Waals surface area contributed by atoms with Crippen molar-refractivity contribution in [3.63, 3.8) is 0 Å². The molecule has 0 radical (unpaired) electrons. The average Bonchev–Trinajstić information content (AvgIpc) is 2.67. The second-order valence-electron chi connectivity index (χ2n) is 7.47. The van der Waals surface area contributed by atoms with Gasteiger partial charge >= 0.3 is 6.98 Å². The molecule has 1 unspecified atom stereocenters. The zero-order chi connectivity index (χ0) is 18.4. The van der Waals surface area contributed by atoms with Crippen LogP contribution in [0.4, 0.5) is 11.4 Å². The fourth-order valence-corrected chi connectivity index (χ4v) is 4.35. The minimum absolute atomic E-state index is 0.265. The van der Waals surface area contributed by atoms with Crippen LogP contribution in [-0.4, -0.2) is 30.9 Å². The summed E-state index contributed by atoms with van der Waals surface area (Å²) in [4.78, 5) is 2.61. The van der Waals surface area contributed by atoms with E-state index < -0.39 is 0 Å². The lowest BCUT2D eigenvalue weighted by Crippen LogP contribution is -2.55. The number of nitrogens with one attached hydrogen (secondary N) is 2. The molecule has 0 fully saturated rings. The zero-order valence-corrected chi connectivity index (χ0v) is 16.7. The molecule has 1 atom stereocenters. The Bertz CT molecular complexity index is 658. The lowest BCUT2D eigenvalue weighted by molar-refractivity contribution is 0.258. The molecule has 1 heterocycles. The first-order valence-electron chi connectivity index (χ1n) is 10.6. The molecule has 0 amide bonds. The standard InChI is InChI=1S/C22H34BN3/c1-4-7-8-9-10-17-21(26(5-2)6-3)23-24-19-15-11-13-18-14-12-16-20(25-23)22(18)19/h11-16,21,24-25H,4-10,17H2,1-3H3. The molecule has 26 heavy (non-hydrogen) atoms. The molecule has 0 aliphatic carbocycles. The monoisotopic (exact) mass is 351 g/mol. The first kappa shape index (κ1) is 19.1. The van der Waals surface area contributed by atoms with Crippen molar-refractivity contribution in [2.45, 2.75) is 65.2 Å². The maximum atomic E-state index is 3.81. The molecule has 2 aromatic carbocycles. The molecular formula is C22H34BN3. The fraction of sp³-hybridized carbons (Fsp3) is 0.545. The van der Waals surface area contributed by atoms with Crippen LogP contribution in [0.15, 0.2) is 36.4 Å². The molecular weight excluding hydrogens is 317 g/mol. The molecule has 3 nitrogen and oxygen atoms in total. The largest absolute Gasteiger partial charge is 0.408 e. The quantitative estimate of drug-likeness (QED) is 0.420. The minimum Gasteiger partial charge on any atom is -0.408 e. The Morgan fingerprint density at radius 3 is 2.04 bits per heavy atom. The van der Waals surface area contributed by atoms with E-state index in [2.05, 4.69) is 72.5 Å². The highest BCUT2D eigenvalue weighted by molar-refractivity contribution is 6.69. The highest BCUT2D eigenvalue weighted by Crippen LogP contribution is 2.35. The van der Waals surface area contributed by atoms with Crippen LogP contribution in [0.1, 0.15) is 59.3 Å². The molecule has 1 aliphatic rings. The molecule has 0 spiro atoms. The first-order valence-corrected chi connectivity index (χ1v) is 10.6. The van der Waals surface area contributed by atoms with Gasteiger partial charge in [-0.3, -0.25) is 0 Å². The molecule has 0 aromatic heterocycles. The van der Waals surface area contributed by atoms with E-state index in [1.54, 1.807) is 0 Å². The third-order valence-electron chi connectivity index (χ3n) is 5.80. The van der Waals surface area contributed by atoms with Crippen LogP contribution in [0.2, 0.25) is 0 Å². The number of benzene rings is 2. The summed E-state index contributed by atoms with van der Waals surface area (Å²) in [7, 11) is 0. The van der Waals surface area contributed by atoms with Crippen molar-refractivity contribution in [1.29, 1.82) is 0 Å². The van der Waals surface area contributed by atoms with E-state index in [1.165, 1.54) is 60.7 Å². The van der Waals surface area contributed by atoms with Gasteiger partial charge in [0.15, 0.2) is 0 Å². The van der Waals surface area contributed by atoms with Crippen molar-refractivity contribution in [3.8, 4) is 0 Å². The topological polar surface area (TPSA) is 27.3 Å². The average molecular weight is 351 g/mol. The first-order chi connectivity index (χ1) is 12.8. The SMILES string of the molecule is CCCCCCCC(B1Nc2cccc3cccc(c23)N1)N(CC)CC. The summed E-state index contributed by atoms with van der Waals surface area (Å²) in [6.07, 6.45) is 7.96. The molecule has 2 N–H and O–H groups in total. The summed E-state index contributed by atoms with van der Waals surface area (Å²) in [6, 6.07) is 13.2. The van der Waals surface area contributed by atoms with Gasteiger partial charge in [0.2, 0.25) is 0 Å². The number of unbranched alkanes of at least 4 members (excludes halogenated alkanes) is 4. The normalized spacial score (nSPS) is 14.4. The highest BCUT2D eigenvalue weighted by atomic mass is 15.2. The second kappa shape index (κ2) is 9.32. The molecule has 3 rings (SSSR count). The van der Waals surface area contributed by atoms with Crippen molar-refractivity contribution < 1.29 is 0 Å². The van der Waals surface area contributed by atoms with Gasteiger partial charge in [-0.25, -0.2) is 0 Å². The van der Waals surface area contributed by atoms with Crippen molar-refractivity contribution in [2.75, 3.05) is 23.5 Å². The number of nitrogens with zero attached hydrogens (tertiary/aromatic N) is 1. The zero-order valence-electron chi connectivity index (χ0n) is 16.7. The van der Waals surface area contributed by atoms with Crippen LogP contribution in [0.25, 0.3) is 10.8 Å². The van der Waals surface area contributed by atoms with Gasteiger partial charge in [-0.05, 0) is 37.0 Å². The van der Waals surface area contributed by atoms with Crippen LogP contribution < -0.4 is 10.5 Å². The van der Waals surface area contributed by atoms with E-state index >= 15 is 0 Å². The maximum absolute atomic E-state index is 3.81. The van der Waals surface area contributed by atoms with Gasteiger partial charge in [0.05, 0.1) is 0 Å². The maximum Gasteiger partial charge on any atom is 0.388 e. The van der Waals surface area contributed by atoms with Crippen LogP contribution in [0.5, 0.6) is 0 Å². The Hall–Kier alpha value is -1.68. The van der Waals surface area contributed by atoms with E-state index in [-0.39, 0.29) is 6.98 Å². The number of rotatable bonds is 10. The van der Waals surface area contributed by atoms with Crippen molar-refractivity contribution >= 4 is 29.1 Å². The molecule has 2 aromatic rings. The summed E-state index contributed by atoms with van der Waals surface area (Å²) < 4.78 is 0. The fourth-order valence-electron chi connectivity index (χ4n) is 4.35. The van der Waals surface area contributed by atoms with Gasteiger partial charge in [-0.2, -0.15) is 0 Å². The lowest BCUT2D eigenvalue weighted by Gasteiger charge is -2.37. The highest BCUT2D eigenvalue weighted by Gasteiger charge is 2.34. The van der Waals surface area contributed by atoms with Crippen LogP contribution in [0.3, 0.4) is 0 Å². The van der Waals surface area contributed by atoms with E-state index in [1.807, 2.05) is 0 Å². The van der Waals surface area contributed by atoms with Crippen molar-refractivity contribution in [3.05, 3.63) is 36.4 Å². The summed E-state index contributed by atoms with van der Waals surface area (Å²) >= 11 is 0. The van der Waals surface area contributed by atoms with E-state index in [0.29, 0.717) is 5.94 Å². The summed E-state index contributed by atoms with van der Waals surface area (Å²) in [5.41, 5.74) is 2.54. The Kier molecular flexibility index (Phi) is 6.84. The summed E-state index contributed by atoms with van der Waals surface area (Å²) in [6.45, 7) is 9.31. The Balaban J connectivity index is 1.76. The van der Waals surface area contributed by atoms with Crippen LogP contribution in [-0.2, 0) is 0 Å². The molecule has 0 saturated carbocycles. The lowest BCUT2D eigenvalue weighted by atomic mass is 9.62. The van der Waals surface area contributed by atoms with Gasteiger partial charge < -0.3 is 15.4 Å².